The van der Waals surface area contributed by atoms with Crippen LogP contribution in [0.3, 0.4) is 0 Å². The molecule has 5 rings (SSSR count). The van der Waals surface area contributed by atoms with E-state index in [0.29, 0.717) is 51.0 Å². The van der Waals surface area contributed by atoms with Crippen LogP contribution in [-0.2, 0) is 29.0 Å². The van der Waals surface area contributed by atoms with Crippen molar-refractivity contribution in [3.05, 3.63) is 12.7 Å². The fourth-order valence-electron chi connectivity index (χ4n) is 9.51. The molecule has 0 radical (unpaired) electrons. The van der Waals surface area contributed by atoms with Crippen molar-refractivity contribution in [3.8, 4) is 0 Å². The summed E-state index contributed by atoms with van der Waals surface area (Å²) in [6, 6.07) is -3.53. The molecule has 1 unspecified atom stereocenters. The lowest BCUT2D eigenvalue weighted by molar-refractivity contribution is -0.146. The van der Waals surface area contributed by atoms with Crippen LogP contribution in [0.1, 0.15) is 125 Å². The van der Waals surface area contributed by atoms with Crippen LogP contribution < -0.4 is 21.3 Å². The van der Waals surface area contributed by atoms with Gasteiger partial charge in [0.2, 0.25) is 17.6 Å². The molecule has 13 nitrogen and oxygen atoms in total. The molecule has 5 aliphatic rings. The molecule has 5 amide bonds. The Morgan fingerprint density at radius 2 is 1.56 bits per heavy atom. The SMILES string of the molecule is C=CCNC(=O)C(=O)C(CCC1CC1)NC(=O)[C@@H]1[C@@H]2[C@H](CN1C(=O)[C@@H](NC(=O)NC1(CS(=O)(=O)C(C)(C)CO)CCCCC1)C1(C)CCCCC1)C2(C)C. The summed E-state index contributed by atoms with van der Waals surface area (Å²) in [5.74, 6) is -2.31. The van der Waals surface area contributed by atoms with E-state index in [9.17, 15) is 37.5 Å². The van der Waals surface area contributed by atoms with E-state index in [2.05, 4.69) is 41.7 Å². The van der Waals surface area contributed by atoms with Gasteiger partial charge in [-0.05, 0) is 81.0 Å². The number of hydrogen-bond acceptors (Lipinski definition) is 8. The Kier molecular flexibility index (Phi) is 12.7. The molecule has 5 atom stereocenters. The fraction of sp³-hybridized carbons (Fsp3) is 0.825. The van der Waals surface area contributed by atoms with Crippen molar-refractivity contribution >= 4 is 39.4 Å². The van der Waals surface area contributed by atoms with Gasteiger partial charge in [0.05, 0.1) is 28.7 Å². The topological polar surface area (TPSA) is 191 Å². The Morgan fingerprint density at radius 1 is 0.944 bits per heavy atom. The Morgan fingerprint density at radius 3 is 2.13 bits per heavy atom. The number of nitrogens with zero attached hydrogens (tertiary/aromatic N) is 1. The van der Waals surface area contributed by atoms with Crippen LogP contribution in [0.2, 0.25) is 0 Å². The van der Waals surface area contributed by atoms with E-state index in [1.807, 2.05) is 6.92 Å². The van der Waals surface area contributed by atoms with Crippen molar-refractivity contribution < 1.29 is 37.5 Å². The van der Waals surface area contributed by atoms with E-state index in [-0.39, 0.29) is 35.5 Å². The minimum absolute atomic E-state index is 0.0490. The van der Waals surface area contributed by atoms with Crippen molar-refractivity contribution in [3.63, 3.8) is 0 Å². The van der Waals surface area contributed by atoms with Gasteiger partial charge >= 0.3 is 6.03 Å². The third kappa shape index (κ3) is 9.00. The molecular formula is C40H65N5O8S. The van der Waals surface area contributed by atoms with E-state index >= 15 is 0 Å². The molecule has 5 fully saturated rings. The van der Waals surface area contributed by atoms with Crippen LogP contribution in [0.5, 0.6) is 0 Å². The van der Waals surface area contributed by atoms with Gasteiger partial charge in [0.1, 0.15) is 12.1 Å². The van der Waals surface area contributed by atoms with E-state index in [1.165, 1.54) is 19.9 Å². The van der Waals surface area contributed by atoms with E-state index in [0.717, 1.165) is 51.4 Å². The number of aliphatic hydroxyl groups excluding tert-OH is 1. The minimum Gasteiger partial charge on any atom is -0.395 e. The first-order valence-corrected chi connectivity index (χ1v) is 21.9. The largest absolute Gasteiger partial charge is 0.395 e. The highest BCUT2D eigenvalue weighted by Gasteiger charge is 2.70. The maximum absolute atomic E-state index is 15.0. The first-order valence-electron chi connectivity index (χ1n) is 20.3. The van der Waals surface area contributed by atoms with Crippen LogP contribution in [0.15, 0.2) is 12.7 Å². The number of fused-ring (bicyclic) bond motifs is 1. The van der Waals surface area contributed by atoms with Crippen molar-refractivity contribution in [1.82, 2.24) is 26.2 Å². The highest BCUT2D eigenvalue weighted by molar-refractivity contribution is 7.92. The Labute approximate surface area is 321 Å². The van der Waals surface area contributed by atoms with Crippen molar-refractivity contribution in [2.24, 2.45) is 28.6 Å². The number of sulfone groups is 1. The predicted octanol–water partition coefficient (Wildman–Crippen LogP) is 3.54. The Balaban J connectivity index is 1.40. The first kappa shape index (κ1) is 42.1. The maximum atomic E-state index is 15.0. The van der Waals surface area contributed by atoms with E-state index in [4.69, 9.17) is 0 Å². The molecule has 1 aliphatic heterocycles. The smallest absolute Gasteiger partial charge is 0.315 e. The molecule has 0 spiro atoms. The van der Waals surface area contributed by atoms with Gasteiger partial charge in [-0.25, -0.2) is 13.2 Å². The molecule has 1 saturated heterocycles. The van der Waals surface area contributed by atoms with Gasteiger partial charge in [0.25, 0.3) is 5.91 Å². The molecule has 54 heavy (non-hydrogen) atoms. The highest BCUT2D eigenvalue weighted by Crippen LogP contribution is 2.65. The summed E-state index contributed by atoms with van der Waals surface area (Å²) >= 11 is 0. The molecule has 4 saturated carbocycles. The lowest BCUT2D eigenvalue weighted by Crippen LogP contribution is -2.65. The lowest BCUT2D eigenvalue weighted by atomic mass is 9.70. The number of amides is 5. The molecule has 304 valence electrons. The molecule has 0 bridgehead atoms. The quantitative estimate of drug-likeness (QED) is 0.110. The van der Waals surface area contributed by atoms with E-state index < -0.39 is 73.9 Å². The van der Waals surface area contributed by atoms with Gasteiger partial charge in [0, 0.05) is 13.1 Å². The average Bonchev–Trinajstić information content (AvgIpc) is 3.99. The molecule has 4 aliphatic carbocycles. The molecule has 0 aromatic rings. The second-order valence-electron chi connectivity index (χ2n) is 18.6. The zero-order chi connectivity index (χ0) is 39.7. The summed E-state index contributed by atoms with van der Waals surface area (Å²) in [5.41, 5.74) is -1.90. The number of piperidine rings is 1. The normalized spacial score (nSPS) is 26.7. The summed E-state index contributed by atoms with van der Waals surface area (Å²) < 4.78 is 25.7. The number of nitrogens with one attached hydrogen (secondary N) is 4. The number of carbonyl (C=O) groups is 5. The molecule has 0 aromatic carbocycles. The number of aliphatic hydroxyl groups is 1. The van der Waals surface area contributed by atoms with Gasteiger partial charge in [-0.2, -0.15) is 0 Å². The van der Waals surface area contributed by atoms with Crippen LogP contribution in [0.25, 0.3) is 0 Å². The second-order valence-corrected chi connectivity index (χ2v) is 21.2. The lowest BCUT2D eigenvalue weighted by Gasteiger charge is -2.44. The highest BCUT2D eigenvalue weighted by atomic mass is 32.2. The van der Waals surface area contributed by atoms with E-state index in [1.54, 1.807) is 4.90 Å². The van der Waals surface area contributed by atoms with Crippen LogP contribution >= 0.6 is 0 Å². The predicted molar refractivity (Wildman–Crippen MR) is 206 cm³/mol. The van der Waals surface area contributed by atoms with Crippen molar-refractivity contribution in [2.75, 3.05) is 25.4 Å². The number of likely N-dealkylation sites (tertiary alicyclic amines) is 1. The van der Waals surface area contributed by atoms with Gasteiger partial charge in [-0.3, -0.25) is 19.2 Å². The molecular weight excluding hydrogens is 711 g/mol. The first-order chi connectivity index (χ1) is 25.3. The molecule has 5 N–H and O–H groups in total. The fourth-order valence-corrected chi connectivity index (χ4v) is 11.2. The molecule has 1 heterocycles. The number of Topliss-reactive ketones (excluding diaryl/α,β-unsaturated/α-hetero) is 1. The third-order valence-corrected chi connectivity index (χ3v) is 16.4. The standard InChI is InChI=1S/C40H65N5O8S/c1-7-22-41-34(49)31(47)28(17-16-26-14-15-26)42-33(48)30-29-27(38(29,4)5)23-45(30)35(50)32(39(6)18-10-8-11-19-39)43-36(51)44-40(20-12-9-13-21-40)25-54(52,53)37(2,3)24-46/h7,26-30,32,46H,1,8-25H2,2-6H3,(H,41,49)(H,42,48)(H2,43,44,51)/t27-,28?,29-,30-,32+/m0/s1. The minimum atomic E-state index is -3.83. The zero-order valence-corrected chi connectivity index (χ0v) is 34.0. The van der Waals surface area contributed by atoms with Gasteiger partial charge in [-0.15, -0.1) is 6.58 Å². The third-order valence-electron chi connectivity index (χ3n) is 13.7. The summed E-state index contributed by atoms with van der Waals surface area (Å²) in [6.45, 7) is 12.6. The van der Waals surface area contributed by atoms with Crippen molar-refractivity contribution in [1.29, 1.82) is 0 Å². The van der Waals surface area contributed by atoms with Gasteiger partial charge < -0.3 is 31.3 Å². The number of carbonyl (C=O) groups excluding carboxylic acids is 5. The zero-order valence-electron chi connectivity index (χ0n) is 33.1. The second kappa shape index (κ2) is 16.2. The van der Waals surface area contributed by atoms with Gasteiger partial charge in [0.15, 0.2) is 9.84 Å². The number of urea groups is 1. The van der Waals surface area contributed by atoms with Gasteiger partial charge in [-0.1, -0.05) is 78.2 Å². The Bertz CT molecular complexity index is 1560. The number of hydrogen-bond donors (Lipinski definition) is 5. The monoisotopic (exact) mass is 775 g/mol. The summed E-state index contributed by atoms with van der Waals surface area (Å²) in [5, 5.41) is 21.4. The summed E-state index contributed by atoms with van der Waals surface area (Å²) in [6.07, 6.45) is 12.0. The van der Waals surface area contributed by atoms with Crippen LogP contribution in [0.4, 0.5) is 4.79 Å². The van der Waals surface area contributed by atoms with Crippen LogP contribution in [0, 0.1) is 28.6 Å². The number of ketones is 1. The Hall–Kier alpha value is -3.00. The van der Waals surface area contributed by atoms with Crippen molar-refractivity contribution in [2.45, 2.75) is 153 Å². The number of rotatable bonds is 17. The summed E-state index contributed by atoms with van der Waals surface area (Å²) in [7, 11) is -3.83. The maximum Gasteiger partial charge on any atom is 0.315 e. The molecule has 0 aromatic heterocycles. The van der Waals surface area contributed by atoms with Crippen LogP contribution in [-0.4, -0.2) is 102 Å². The summed E-state index contributed by atoms with van der Waals surface area (Å²) in [4.78, 5) is 71.1. The average molecular weight is 776 g/mol. The molecule has 14 heteroatoms.